The maximum atomic E-state index is 10.4. The van der Waals surface area contributed by atoms with Crippen LogP contribution in [-0.2, 0) is 11.8 Å². The molecule has 0 radical (unpaired) electrons. The van der Waals surface area contributed by atoms with Gasteiger partial charge in [-0.15, -0.1) is 11.3 Å². The zero-order chi connectivity index (χ0) is 19.3. The molecule has 2 aliphatic heterocycles. The van der Waals surface area contributed by atoms with Crippen LogP contribution in [0.3, 0.4) is 0 Å². The van der Waals surface area contributed by atoms with Crippen molar-refractivity contribution < 1.29 is 0 Å². The molecule has 0 N–H and O–H groups in total. The third-order valence-electron chi connectivity index (χ3n) is 6.16. The molecule has 0 amide bonds. The summed E-state index contributed by atoms with van der Waals surface area (Å²) in [6.45, 7) is 5.04. The number of nitrogens with zero attached hydrogens (tertiary/aromatic N) is 5. The average molecular weight is 390 g/mol. The molecular formula is C22H23N5S. The smallest absolute Gasteiger partial charge is 0.136 e. The van der Waals surface area contributed by atoms with Crippen molar-refractivity contribution in [3.05, 3.63) is 57.7 Å². The quantitative estimate of drug-likeness (QED) is 0.655. The molecule has 1 aromatic carbocycles. The van der Waals surface area contributed by atoms with Crippen LogP contribution >= 0.6 is 11.3 Å². The lowest BCUT2D eigenvalue weighted by molar-refractivity contribution is 0.320. The van der Waals surface area contributed by atoms with Crippen LogP contribution in [0, 0.1) is 25.2 Å². The SMILES string of the molecule is Cc1csc([C@@]2(C#N)Cc3c(C)nn(-c4ccccc4)c3N3CCCC[C@@H]32)n1. The van der Waals surface area contributed by atoms with Crippen LogP contribution in [0.15, 0.2) is 35.7 Å². The van der Waals surface area contributed by atoms with E-state index in [9.17, 15) is 5.26 Å². The summed E-state index contributed by atoms with van der Waals surface area (Å²) in [4.78, 5) is 7.23. The first-order chi connectivity index (χ1) is 13.6. The molecule has 2 aliphatic rings. The molecule has 3 aromatic rings. The molecule has 2 aromatic heterocycles. The number of hydrogen-bond donors (Lipinski definition) is 0. The minimum Gasteiger partial charge on any atom is -0.351 e. The zero-order valence-corrected chi connectivity index (χ0v) is 17.0. The van der Waals surface area contributed by atoms with Crippen LogP contribution in [0.2, 0.25) is 0 Å². The molecular weight excluding hydrogens is 366 g/mol. The van der Waals surface area contributed by atoms with Gasteiger partial charge in [0.1, 0.15) is 16.2 Å². The summed E-state index contributed by atoms with van der Waals surface area (Å²) >= 11 is 1.63. The Morgan fingerprint density at radius 1 is 1.21 bits per heavy atom. The van der Waals surface area contributed by atoms with Crippen molar-refractivity contribution in [1.82, 2.24) is 14.8 Å². The van der Waals surface area contributed by atoms with Gasteiger partial charge in [-0.05, 0) is 45.2 Å². The fraction of sp³-hybridized carbons (Fsp3) is 0.409. The van der Waals surface area contributed by atoms with Crippen molar-refractivity contribution in [3.8, 4) is 11.8 Å². The molecule has 0 saturated carbocycles. The molecule has 0 spiro atoms. The zero-order valence-electron chi connectivity index (χ0n) is 16.2. The van der Waals surface area contributed by atoms with Gasteiger partial charge in [-0.1, -0.05) is 18.2 Å². The second kappa shape index (κ2) is 6.46. The van der Waals surface area contributed by atoms with Crippen molar-refractivity contribution in [2.75, 3.05) is 11.4 Å². The summed E-state index contributed by atoms with van der Waals surface area (Å²) in [6, 6.07) is 13.2. The summed E-state index contributed by atoms with van der Waals surface area (Å²) in [6.07, 6.45) is 4.01. The topological polar surface area (TPSA) is 57.7 Å². The molecule has 2 atom stereocenters. The molecule has 4 heterocycles. The van der Waals surface area contributed by atoms with Gasteiger partial charge in [0.05, 0.1) is 23.5 Å². The minimum absolute atomic E-state index is 0.142. The van der Waals surface area contributed by atoms with Crippen LogP contribution in [0.1, 0.15) is 41.2 Å². The molecule has 28 heavy (non-hydrogen) atoms. The number of aryl methyl sites for hydroxylation is 2. The third-order valence-corrected chi connectivity index (χ3v) is 7.30. The Balaban J connectivity index is 1.73. The van der Waals surface area contributed by atoms with Gasteiger partial charge in [-0.25, -0.2) is 9.67 Å². The van der Waals surface area contributed by atoms with Gasteiger partial charge < -0.3 is 4.90 Å². The molecule has 1 saturated heterocycles. The van der Waals surface area contributed by atoms with Gasteiger partial charge in [-0.2, -0.15) is 10.4 Å². The van der Waals surface area contributed by atoms with E-state index < -0.39 is 5.41 Å². The predicted molar refractivity (Wildman–Crippen MR) is 111 cm³/mol. The maximum absolute atomic E-state index is 10.4. The van der Waals surface area contributed by atoms with Gasteiger partial charge in [0.15, 0.2) is 0 Å². The van der Waals surface area contributed by atoms with Gasteiger partial charge >= 0.3 is 0 Å². The molecule has 1 fully saturated rings. The van der Waals surface area contributed by atoms with E-state index >= 15 is 0 Å². The van der Waals surface area contributed by atoms with E-state index in [1.165, 1.54) is 11.4 Å². The summed E-state index contributed by atoms with van der Waals surface area (Å²) in [5.41, 5.74) is 3.68. The number of fused-ring (bicyclic) bond motifs is 3. The van der Waals surface area contributed by atoms with Crippen molar-refractivity contribution >= 4 is 17.2 Å². The van der Waals surface area contributed by atoms with Gasteiger partial charge in [0.2, 0.25) is 0 Å². The Labute approximate surface area is 169 Å². The summed E-state index contributed by atoms with van der Waals surface area (Å²) < 4.78 is 2.08. The number of rotatable bonds is 2. The maximum Gasteiger partial charge on any atom is 0.136 e. The third kappa shape index (κ3) is 2.43. The van der Waals surface area contributed by atoms with E-state index in [2.05, 4.69) is 40.1 Å². The molecule has 0 bridgehead atoms. The minimum atomic E-state index is -0.596. The summed E-state index contributed by atoms with van der Waals surface area (Å²) in [7, 11) is 0. The first kappa shape index (κ1) is 17.4. The molecule has 0 unspecified atom stereocenters. The Bertz CT molecular complexity index is 1060. The van der Waals surface area contributed by atoms with Gasteiger partial charge in [0.25, 0.3) is 0 Å². The van der Waals surface area contributed by atoms with Crippen molar-refractivity contribution in [2.45, 2.75) is 51.0 Å². The monoisotopic (exact) mass is 389 g/mol. The van der Waals surface area contributed by atoms with Crippen LogP contribution in [0.25, 0.3) is 5.69 Å². The number of benzene rings is 1. The Morgan fingerprint density at radius 3 is 2.75 bits per heavy atom. The molecule has 5 nitrogen and oxygen atoms in total. The van der Waals surface area contributed by atoms with E-state index in [1.54, 1.807) is 11.3 Å². The molecule has 6 heteroatoms. The van der Waals surface area contributed by atoms with Gasteiger partial charge in [0, 0.05) is 29.6 Å². The number of anilines is 1. The van der Waals surface area contributed by atoms with E-state index in [1.807, 2.05) is 25.1 Å². The standard InChI is InChI=1S/C22H23N5S/c1-15-13-28-21(24-15)22(14-23)12-18-16(2)25-27(17-8-4-3-5-9-17)20(18)26-11-7-6-10-19(22)26/h3-5,8-9,13,19H,6-7,10-12H2,1-2H3/t19-,22-/m1/s1. The van der Waals surface area contributed by atoms with E-state index in [-0.39, 0.29) is 6.04 Å². The molecule has 5 rings (SSSR count). The fourth-order valence-corrected chi connectivity index (χ4v) is 5.83. The Hall–Kier alpha value is -2.65. The molecule has 142 valence electrons. The van der Waals surface area contributed by atoms with Crippen LogP contribution < -0.4 is 4.90 Å². The normalized spacial score (nSPS) is 23.8. The second-order valence-electron chi connectivity index (χ2n) is 7.89. The Morgan fingerprint density at radius 2 is 2.04 bits per heavy atom. The fourth-order valence-electron chi connectivity index (χ4n) is 4.83. The highest BCUT2D eigenvalue weighted by molar-refractivity contribution is 7.09. The lowest BCUT2D eigenvalue weighted by atomic mass is 9.70. The highest BCUT2D eigenvalue weighted by atomic mass is 32.1. The highest BCUT2D eigenvalue weighted by Crippen LogP contribution is 2.48. The number of aromatic nitrogens is 3. The van der Waals surface area contributed by atoms with Crippen LogP contribution in [0.4, 0.5) is 5.82 Å². The number of thiazole rings is 1. The van der Waals surface area contributed by atoms with E-state index in [0.29, 0.717) is 6.42 Å². The van der Waals surface area contributed by atoms with Crippen molar-refractivity contribution in [3.63, 3.8) is 0 Å². The predicted octanol–water partition coefficient (Wildman–Crippen LogP) is 4.32. The summed E-state index contributed by atoms with van der Waals surface area (Å²) in [5.74, 6) is 1.17. The van der Waals surface area contributed by atoms with Crippen molar-refractivity contribution in [1.29, 1.82) is 5.26 Å². The second-order valence-corrected chi connectivity index (χ2v) is 8.75. The van der Waals surface area contributed by atoms with Crippen molar-refractivity contribution in [2.24, 2.45) is 0 Å². The first-order valence-corrected chi connectivity index (χ1v) is 10.8. The van der Waals surface area contributed by atoms with Crippen LogP contribution in [-0.4, -0.2) is 27.4 Å². The lowest BCUT2D eigenvalue weighted by Crippen LogP contribution is -2.57. The largest absolute Gasteiger partial charge is 0.351 e. The van der Waals surface area contributed by atoms with E-state index in [4.69, 9.17) is 10.1 Å². The van der Waals surface area contributed by atoms with E-state index in [0.717, 1.165) is 47.9 Å². The Kier molecular flexibility index (Phi) is 4.02. The lowest BCUT2D eigenvalue weighted by Gasteiger charge is -2.48. The molecule has 0 aliphatic carbocycles. The van der Waals surface area contributed by atoms with Crippen LogP contribution in [0.5, 0.6) is 0 Å². The summed E-state index contributed by atoms with van der Waals surface area (Å²) in [5, 5.41) is 18.4. The number of hydrogen-bond acceptors (Lipinski definition) is 5. The number of nitriles is 1. The average Bonchev–Trinajstić information content (AvgIpc) is 3.32. The number of para-hydroxylation sites is 1. The highest BCUT2D eigenvalue weighted by Gasteiger charge is 2.52. The first-order valence-electron chi connectivity index (χ1n) is 9.88. The number of piperidine rings is 1. The van der Waals surface area contributed by atoms with Gasteiger partial charge in [-0.3, -0.25) is 0 Å².